The van der Waals surface area contributed by atoms with Crippen LogP contribution in [-0.2, 0) is 5.41 Å². The van der Waals surface area contributed by atoms with E-state index in [4.69, 9.17) is 0 Å². The Morgan fingerprint density at radius 2 is 1.90 bits per heavy atom. The maximum absolute atomic E-state index is 13.0. The van der Waals surface area contributed by atoms with E-state index < -0.39 is 0 Å². The third-order valence-electron chi connectivity index (χ3n) is 3.95. The summed E-state index contributed by atoms with van der Waals surface area (Å²) < 4.78 is 13.0. The van der Waals surface area contributed by atoms with Gasteiger partial charge in [0.2, 0.25) is 0 Å². The lowest BCUT2D eigenvalue weighted by Crippen LogP contribution is -2.41. The molecule has 1 fully saturated rings. The summed E-state index contributed by atoms with van der Waals surface area (Å²) in [6.45, 7) is 3.97. The predicted octanol–water partition coefficient (Wildman–Crippen LogP) is 3.44. The van der Waals surface area contributed by atoms with Crippen LogP contribution in [0.4, 0.5) is 4.39 Å². The van der Waals surface area contributed by atoms with Crippen molar-refractivity contribution < 1.29 is 4.39 Å². The van der Waals surface area contributed by atoms with E-state index in [9.17, 15) is 4.39 Å². The van der Waals surface area contributed by atoms with Gasteiger partial charge in [-0.2, -0.15) is 0 Å². The molecule has 0 aliphatic heterocycles. The van der Waals surface area contributed by atoms with Crippen molar-refractivity contribution in [3.63, 3.8) is 0 Å². The molecule has 3 nitrogen and oxygen atoms in total. The van der Waals surface area contributed by atoms with Crippen molar-refractivity contribution in [2.75, 3.05) is 20.1 Å². The van der Waals surface area contributed by atoms with E-state index in [0.717, 1.165) is 38.3 Å². The average Bonchev–Trinajstić information content (AvgIpc) is 3.24. The maximum Gasteiger partial charge on any atom is 0.191 e. The molecule has 0 atom stereocenters. The van der Waals surface area contributed by atoms with Gasteiger partial charge >= 0.3 is 0 Å². The number of hydrogen-bond donors (Lipinski definition) is 2. The molecule has 1 aliphatic rings. The van der Waals surface area contributed by atoms with Gasteiger partial charge in [0.1, 0.15) is 5.82 Å². The predicted molar refractivity (Wildman–Crippen MR) is 97.0 cm³/mol. The summed E-state index contributed by atoms with van der Waals surface area (Å²) in [4.78, 5) is 4.23. The number of nitrogens with zero attached hydrogens (tertiary/aromatic N) is 1. The van der Waals surface area contributed by atoms with Gasteiger partial charge in [-0.3, -0.25) is 4.99 Å². The SMILES string of the molecule is CCCCNC(=NC)NCC1(c2ccc(F)cc2)CC1.I. The van der Waals surface area contributed by atoms with Crippen LogP contribution in [-0.4, -0.2) is 26.1 Å². The van der Waals surface area contributed by atoms with E-state index >= 15 is 0 Å². The monoisotopic (exact) mass is 405 g/mol. The minimum Gasteiger partial charge on any atom is -0.356 e. The summed E-state index contributed by atoms with van der Waals surface area (Å²) in [7, 11) is 1.79. The van der Waals surface area contributed by atoms with Crippen molar-refractivity contribution in [1.29, 1.82) is 0 Å². The highest BCUT2D eigenvalue weighted by atomic mass is 127. The summed E-state index contributed by atoms with van der Waals surface area (Å²) >= 11 is 0. The van der Waals surface area contributed by atoms with Crippen LogP contribution >= 0.6 is 24.0 Å². The van der Waals surface area contributed by atoms with Crippen molar-refractivity contribution in [1.82, 2.24) is 10.6 Å². The number of unbranched alkanes of at least 4 members (excludes halogenated alkanes) is 1. The second-order valence-electron chi connectivity index (χ2n) is 5.49. The third-order valence-corrected chi connectivity index (χ3v) is 3.95. The first-order chi connectivity index (χ1) is 9.70. The largest absolute Gasteiger partial charge is 0.356 e. The number of nitrogens with one attached hydrogen (secondary N) is 2. The van der Waals surface area contributed by atoms with Gasteiger partial charge in [-0.05, 0) is 37.0 Å². The average molecular weight is 405 g/mol. The molecule has 0 spiro atoms. The van der Waals surface area contributed by atoms with Crippen LogP contribution in [0.15, 0.2) is 29.3 Å². The van der Waals surface area contributed by atoms with Crippen LogP contribution in [0, 0.1) is 5.82 Å². The van der Waals surface area contributed by atoms with Gasteiger partial charge in [-0.1, -0.05) is 25.5 Å². The molecule has 2 rings (SSSR count). The summed E-state index contributed by atoms with van der Waals surface area (Å²) in [5.74, 6) is 0.682. The van der Waals surface area contributed by atoms with E-state index in [-0.39, 0.29) is 35.2 Å². The molecule has 1 aromatic carbocycles. The third kappa shape index (κ3) is 5.13. The van der Waals surface area contributed by atoms with E-state index in [1.807, 2.05) is 12.1 Å². The van der Waals surface area contributed by atoms with Gasteiger partial charge in [0.05, 0.1) is 0 Å². The van der Waals surface area contributed by atoms with Crippen molar-refractivity contribution >= 4 is 29.9 Å². The van der Waals surface area contributed by atoms with Crippen molar-refractivity contribution in [3.05, 3.63) is 35.6 Å². The lowest BCUT2D eigenvalue weighted by atomic mass is 9.96. The number of rotatable bonds is 6. The fourth-order valence-electron chi connectivity index (χ4n) is 2.38. The molecule has 21 heavy (non-hydrogen) atoms. The Kier molecular flexibility index (Phi) is 7.42. The Morgan fingerprint density at radius 1 is 1.24 bits per heavy atom. The van der Waals surface area contributed by atoms with Crippen LogP contribution in [0.5, 0.6) is 0 Å². The molecule has 1 aliphatic carbocycles. The first-order valence-corrected chi connectivity index (χ1v) is 7.41. The van der Waals surface area contributed by atoms with E-state index in [1.54, 1.807) is 19.2 Å². The summed E-state index contributed by atoms with van der Waals surface area (Å²) in [6, 6.07) is 6.89. The van der Waals surface area contributed by atoms with Crippen molar-refractivity contribution in [2.45, 2.75) is 38.0 Å². The first-order valence-electron chi connectivity index (χ1n) is 7.41. The number of benzene rings is 1. The highest BCUT2D eigenvalue weighted by molar-refractivity contribution is 14.0. The smallest absolute Gasteiger partial charge is 0.191 e. The molecule has 0 amide bonds. The number of aliphatic imine (C=N–C) groups is 1. The minimum absolute atomic E-state index is 0. The second kappa shape index (κ2) is 8.56. The molecule has 1 saturated carbocycles. The Hall–Kier alpha value is -0.850. The molecule has 0 bridgehead atoms. The summed E-state index contributed by atoms with van der Waals surface area (Å²) in [5, 5.41) is 6.70. The summed E-state index contributed by atoms with van der Waals surface area (Å²) in [6.07, 6.45) is 4.61. The lowest BCUT2D eigenvalue weighted by molar-refractivity contribution is 0.616. The number of halogens is 2. The van der Waals surface area contributed by atoms with Crippen molar-refractivity contribution in [2.24, 2.45) is 4.99 Å². The zero-order valence-electron chi connectivity index (χ0n) is 12.8. The number of hydrogen-bond acceptors (Lipinski definition) is 1. The molecule has 5 heteroatoms. The first kappa shape index (κ1) is 18.2. The number of guanidine groups is 1. The Balaban J connectivity index is 0.00000220. The van der Waals surface area contributed by atoms with Gasteiger partial charge < -0.3 is 10.6 Å². The van der Waals surface area contributed by atoms with Crippen molar-refractivity contribution in [3.8, 4) is 0 Å². The zero-order valence-corrected chi connectivity index (χ0v) is 15.1. The van der Waals surface area contributed by atoms with Crippen LogP contribution in [0.1, 0.15) is 38.2 Å². The van der Waals surface area contributed by atoms with E-state index in [1.165, 1.54) is 12.0 Å². The highest BCUT2D eigenvalue weighted by Crippen LogP contribution is 2.47. The van der Waals surface area contributed by atoms with Crippen LogP contribution < -0.4 is 10.6 Å². The Bertz CT molecular complexity index is 455. The Morgan fingerprint density at radius 3 is 2.43 bits per heavy atom. The molecule has 0 unspecified atom stereocenters. The standard InChI is InChI=1S/C16H24FN3.HI/c1-3-4-11-19-15(18-2)20-12-16(9-10-16)13-5-7-14(17)8-6-13;/h5-8H,3-4,9-12H2,1-2H3,(H2,18,19,20);1H. The zero-order chi connectivity index (χ0) is 14.4. The molecule has 0 heterocycles. The van der Waals surface area contributed by atoms with E-state index in [0.29, 0.717) is 0 Å². The normalized spacial score (nSPS) is 16.0. The Labute approximate surface area is 143 Å². The fraction of sp³-hybridized carbons (Fsp3) is 0.562. The van der Waals surface area contributed by atoms with Gasteiger partial charge in [-0.25, -0.2) is 4.39 Å². The van der Waals surface area contributed by atoms with Gasteiger partial charge in [0, 0.05) is 25.6 Å². The molecule has 0 aromatic heterocycles. The molecule has 2 N–H and O–H groups in total. The molecule has 0 saturated heterocycles. The van der Waals surface area contributed by atoms with Crippen LogP contribution in [0.3, 0.4) is 0 Å². The molecule has 0 radical (unpaired) electrons. The van der Waals surface area contributed by atoms with Crippen LogP contribution in [0.2, 0.25) is 0 Å². The summed E-state index contributed by atoms with van der Waals surface area (Å²) in [5.41, 5.74) is 1.38. The quantitative estimate of drug-likeness (QED) is 0.329. The minimum atomic E-state index is -0.172. The molecular formula is C16H25FIN3. The maximum atomic E-state index is 13.0. The van der Waals surface area contributed by atoms with Gasteiger partial charge in [-0.15, -0.1) is 24.0 Å². The van der Waals surface area contributed by atoms with Crippen LogP contribution in [0.25, 0.3) is 0 Å². The van der Waals surface area contributed by atoms with Gasteiger partial charge in [0.15, 0.2) is 5.96 Å². The fourth-order valence-corrected chi connectivity index (χ4v) is 2.38. The molecule has 1 aromatic rings. The molecule has 118 valence electrons. The second-order valence-corrected chi connectivity index (χ2v) is 5.49. The highest BCUT2D eigenvalue weighted by Gasteiger charge is 2.44. The van der Waals surface area contributed by atoms with Gasteiger partial charge in [0.25, 0.3) is 0 Å². The molecular weight excluding hydrogens is 380 g/mol. The topological polar surface area (TPSA) is 36.4 Å². The lowest BCUT2D eigenvalue weighted by Gasteiger charge is -2.19. The van der Waals surface area contributed by atoms with E-state index in [2.05, 4.69) is 22.5 Å².